The van der Waals surface area contributed by atoms with Crippen LogP contribution in [0.1, 0.15) is 18.7 Å². The van der Waals surface area contributed by atoms with Crippen LogP contribution in [0.5, 0.6) is 0 Å². The van der Waals surface area contributed by atoms with Gasteiger partial charge in [-0.05, 0) is 43.7 Å². The predicted molar refractivity (Wildman–Crippen MR) is 96.5 cm³/mol. The number of nitrogens with zero attached hydrogens (tertiary/aromatic N) is 4. The van der Waals surface area contributed by atoms with Crippen LogP contribution in [0.3, 0.4) is 0 Å². The lowest BCUT2D eigenvalue weighted by molar-refractivity contribution is -0.144. The molecule has 3 aromatic rings. The van der Waals surface area contributed by atoms with E-state index in [1.165, 1.54) is 12.1 Å². The number of fused-ring (bicyclic) bond motifs is 1. The van der Waals surface area contributed by atoms with Crippen LogP contribution >= 0.6 is 0 Å². The van der Waals surface area contributed by atoms with Gasteiger partial charge in [-0.15, -0.1) is 0 Å². The van der Waals surface area contributed by atoms with Crippen LogP contribution in [0.2, 0.25) is 0 Å². The van der Waals surface area contributed by atoms with E-state index in [4.69, 9.17) is 0 Å². The van der Waals surface area contributed by atoms with Crippen molar-refractivity contribution < 1.29 is 18.0 Å². The number of H-pyrrole nitrogens is 1. The van der Waals surface area contributed by atoms with Crippen molar-refractivity contribution >= 4 is 22.6 Å². The number of rotatable bonds is 5. The molecule has 1 aliphatic heterocycles. The topological polar surface area (TPSA) is 78.8 Å². The monoisotopic (exact) mass is 392 g/mol. The van der Waals surface area contributed by atoms with Gasteiger partial charge in [-0.25, -0.2) is 4.98 Å². The number of carbonyl (C=O) groups excluding carboxylic acids is 1. The van der Waals surface area contributed by atoms with Crippen LogP contribution in [0, 0.1) is 0 Å². The van der Waals surface area contributed by atoms with E-state index in [2.05, 4.69) is 25.3 Å². The lowest BCUT2D eigenvalue weighted by Gasteiger charge is -2.23. The van der Waals surface area contributed by atoms with Crippen molar-refractivity contribution in [1.29, 1.82) is 0 Å². The molecule has 3 heterocycles. The number of nitrogens with one attached hydrogen (secondary N) is 2. The maximum absolute atomic E-state index is 12.8. The third-order valence-corrected chi connectivity index (χ3v) is 4.84. The van der Waals surface area contributed by atoms with E-state index in [0.717, 1.165) is 25.9 Å². The summed E-state index contributed by atoms with van der Waals surface area (Å²) in [6, 6.07) is 6.55. The Labute approximate surface area is 158 Å². The van der Waals surface area contributed by atoms with Crippen molar-refractivity contribution in [2.24, 2.45) is 0 Å². The molecule has 0 saturated carbocycles. The van der Waals surface area contributed by atoms with E-state index in [1.807, 2.05) is 16.9 Å². The number of imidazole rings is 1. The second kappa shape index (κ2) is 7.27. The van der Waals surface area contributed by atoms with Crippen molar-refractivity contribution in [1.82, 2.24) is 24.6 Å². The number of aromatic nitrogens is 4. The standard InChI is InChI=1S/C18H19F3N6O/c19-18(20,21)17-24-14-5-4-12(9-15(14)25-17)23-16(28)11-26-7-1-3-13(26)10-27-8-2-6-22-27/h2,4-6,8-9,13H,1,3,7,10-11H2,(H,23,28)(H,24,25)/t13-/m1/s1. The highest BCUT2D eigenvalue weighted by Crippen LogP contribution is 2.29. The lowest BCUT2D eigenvalue weighted by Crippen LogP contribution is -2.39. The van der Waals surface area contributed by atoms with Gasteiger partial charge in [0.1, 0.15) is 0 Å². The molecule has 7 nitrogen and oxygen atoms in total. The van der Waals surface area contributed by atoms with Crippen molar-refractivity contribution in [2.45, 2.75) is 31.6 Å². The van der Waals surface area contributed by atoms with Gasteiger partial charge < -0.3 is 10.3 Å². The molecule has 4 rings (SSSR count). The molecule has 0 spiro atoms. The first-order valence-electron chi connectivity index (χ1n) is 8.97. The minimum atomic E-state index is -4.54. The van der Waals surface area contributed by atoms with Crippen LogP contribution < -0.4 is 5.32 Å². The highest BCUT2D eigenvalue weighted by molar-refractivity contribution is 5.94. The van der Waals surface area contributed by atoms with E-state index in [0.29, 0.717) is 5.69 Å². The number of likely N-dealkylation sites (tertiary alicyclic amines) is 1. The number of amides is 1. The van der Waals surface area contributed by atoms with E-state index >= 15 is 0 Å². The zero-order chi connectivity index (χ0) is 19.7. The third-order valence-electron chi connectivity index (χ3n) is 4.84. The summed E-state index contributed by atoms with van der Waals surface area (Å²) in [6.45, 7) is 1.77. The molecule has 10 heteroatoms. The van der Waals surface area contributed by atoms with Gasteiger partial charge in [-0.1, -0.05) is 0 Å². The van der Waals surface area contributed by atoms with Crippen LogP contribution in [0.25, 0.3) is 11.0 Å². The van der Waals surface area contributed by atoms with Gasteiger partial charge in [0.2, 0.25) is 11.7 Å². The number of alkyl halides is 3. The first kappa shape index (κ1) is 18.5. The molecule has 1 amide bonds. The van der Waals surface area contributed by atoms with Gasteiger partial charge in [0.25, 0.3) is 0 Å². The van der Waals surface area contributed by atoms with Crippen LogP contribution in [-0.2, 0) is 17.5 Å². The van der Waals surface area contributed by atoms with E-state index in [1.54, 1.807) is 12.3 Å². The molecule has 1 aliphatic rings. The summed E-state index contributed by atoms with van der Waals surface area (Å²) in [4.78, 5) is 20.3. The second-order valence-corrected chi connectivity index (χ2v) is 6.86. The number of benzene rings is 1. The number of hydrogen-bond donors (Lipinski definition) is 2. The third kappa shape index (κ3) is 4.01. The van der Waals surface area contributed by atoms with Gasteiger partial charge >= 0.3 is 6.18 Å². The summed E-state index contributed by atoms with van der Waals surface area (Å²) in [5, 5.41) is 6.97. The highest BCUT2D eigenvalue weighted by atomic mass is 19.4. The normalized spacial score (nSPS) is 18.0. The maximum atomic E-state index is 12.8. The van der Waals surface area contributed by atoms with Gasteiger partial charge in [0.15, 0.2) is 0 Å². The summed E-state index contributed by atoms with van der Waals surface area (Å²) in [5.41, 5.74) is 0.852. The van der Waals surface area contributed by atoms with Crippen LogP contribution in [0.15, 0.2) is 36.7 Å². The Bertz CT molecular complexity index is 966. The molecule has 1 aromatic carbocycles. The number of halogens is 3. The molecule has 148 valence electrons. The average Bonchev–Trinajstić information content (AvgIpc) is 3.36. The largest absolute Gasteiger partial charge is 0.449 e. The van der Waals surface area contributed by atoms with E-state index < -0.39 is 12.0 Å². The predicted octanol–water partition coefficient (Wildman–Crippen LogP) is 2.88. The molecular formula is C18H19F3N6O. The Morgan fingerprint density at radius 3 is 2.96 bits per heavy atom. The summed E-state index contributed by atoms with van der Waals surface area (Å²) in [6.07, 6.45) is 1.09. The first-order valence-corrected chi connectivity index (χ1v) is 8.97. The molecule has 0 bridgehead atoms. The summed E-state index contributed by atoms with van der Waals surface area (Å²) >= 11 is 0. The molecule has 1 atom stereocenters. The number of hydrogen-bond acceptors (Lipinski definition) is 4. The Balaban J connectivity index is 1.40. The molecular weight excluding hydrogens is 373 g/mol. The van der Waals surface area contributed by atoms with Crippen molar-refractivity contribution in [2.75, 3.05) is 18.4 Å². The number of aromatic amines is 1. The van der Waals surface area contributed by atoms with Gasteiger partial charge in [0, 0.05) is 24.1 Å². The fourth-order valence-corrected chi connectivity index (χ4v) is 3.54. The smallest absolute Gasteiger partial charge is 0.334 e. The molecule has 1 saturated heterocycles. The molecule has 0 unspecified atom stereocenters. The molecule has 28 heavy (non-hydrogen) atoms. The fourth-order valence-electron chi connectivity index (χ4n) is 3.54. The van der Waals surface area contributed by atoms with Crippen molar-refractivity contribution in [3.63, 3.8) is 0 Å². The molecule has 1 fully saturated rings. The Hall–Kier alpha value is -2.88. The van der Waals surface area contributed by atoms with E-state index in [-0.39, 0.29) is 29.5 Å². The SMILES string of the molecule is O=C(CN1CCC[C@@H]1Cn1cccn1)Nc1ccc2nc(C(F)(F)F)[nH]c2c1. The summed E-state index contributed by atoms with van der Waals surface area (Å²) in [5.74, 6) is -1.26. The second-order valence-electron chi connectivity index (χ2n) is 6.86. The van der Waals surface area contributed by atoms with Crippen molar-refractivity contribution in [3.05, 3.63) is 42.5 Å². The van der Waals surface area contributed by atoms with Gasteiger partial charge in [-0.2, -0.15) is 18.3 Å². The first-order chi connectivity index (χ1) is 13.4. The van der Waals surface area contributed by atoms with Crippen LogP contribution in [-0.4, -0.2) is 49.7 Å². The average molecular weight is 392 g/mol. The molecule has 2 aromatic heterocycles. The summed E-state index contributed by atoms with van der Waals surface area (Å²) in [7, 11) is 0. The Morgan fingerprint density at radius 1 is 1.36 bits per heavy atom. The van der Waals surface area contributed by atoms with E-state index in [9.17, 15) is 18.0 Å². The van der Waals surface area contributed by atoms with Crippen molar-refractivity contribution in [3.8, 4) is 0 Å². The Kier molecular flexibility index (Phi) is 4.80. The number of anilines is 1. The van der Waals surface area contributed by atoms with Crippen LogP contribution in [0.4, 0.5) is 18.9 Å². The number of carbonyl (C=O) groups is 1. The molecule has 2 N–H and O–H groups in total. The summed E-state index contributed by atoms with van der Waals surface area (Å²) < 4.78 is 40.1. The Morgan fingerprint density at radius 2 is 2.21 bits per heavy atom. The quantitative estimate of drug-likeness (QED) is 0.700. The molecule has 0 aliphatic carbocycles. The zero-order valence-corrected chi connectivity index (χ0v) is 14.9. The maximum Gasteiger partial charge on any atom is 0.449 e. The molecule has 0 radical (unpaired) electrons. The fraction of sp³-hybridized carbons (Fsp3) is 0.389. The van der Waals surface area contributed by atoms with Gasteiger partial charge in [-0.3, -0.25) is 14.4 Å². The zero-order valence-electron chi connectivity index (χ0n) is 14.9. The highest BCUT2D eigenvalue weighted by Gasteiger charge is 2.34. The minimum Gasteiger partial charge on any atom is -0.334 e. The van der Waals surface area contributed by atoms with Gasteiger partial charge in [0.05, 0.1) is 24.1 Å². The lowest BCUT2D eigenvalue weighted by atomic mass is 10.2. The minimum absolute atomic E-state index is 0.198.